The molecule has 0 heterocycles. The quantitative estimate of drug-likeness (QED) is 0.784. The molecule has 13 heavy (non-hydrogen) atoms. The first-order chi connectivity index (χ1) is 6.20. The Balaban J connectivity index is 3.22. The lowest BCUT2D eigenvalue weighted by molar-refractivity contribution is 0.402. The van der Waals surface area contributed by atoms with Gasteiger partial charge in [0.1, 0.15) is 10.6 Å². The zero-order valence-corrected chi connectivity index (χ0v) is 8.82. The fourth-order valence-electron chi connectivity index (χ4n) is 1.03. The molecular formula is C8H9ClO3S. The van der Waals surface area contributed by atoms with Gasteiger partial charge < -0.3 is 4.74 Å². The number of rotatable bonds is 3. The van der Waals surface area contributed by atoms with Gasteiger partial charge in [-0.1, -0.05) is 12.1 Å². The van der Waals surface area contributed by atoms with Gasteiger partial charge in [-0.25, -0.2) is 4.21 Å². The van der Waals surface area contributed by atoms with Crippen molar-refractivity contribution in [2.75, 3.05) is 7.11 Å². The summed E-state index contributed by atoms with van der Waals surface area (Å²) in [6, 6.07) is 5.32. The molecule has 0 saturated carbocycles. The van der Waals surface area contributed by atoms with Crippen molar-refractivity contribution in [3.63, 3.8) is 0 Å². The second-order valence-electron chi connectivity index (χ2n) is 2.40. The van der Waals surface area contributed by atoms with Gasteiger partial charge in [-0.15, -0.1) is 0 Å². The molecular weight excluding hydrogens is 212 g/mol. The molecule has 1 aromatic rings. The number of methoxy groups -OCH3 is 1. The minimum absolute atomic E-state index is 0.472. The summed E-state index contributed by atoms with van der Waals surface area (Å²) in [4.78, 5) is 0.472. The fraction of sp³-hybridized carbons (Fsp3) is 0.250. The molecule has 72 valence electrons. The summed E-state index contributed by atoms with van der Waals surface area (Å²) < 4.78 is 20.5. The molecule has 1 aromatic carbocycles. The van der Waals surface area contributed by atoms with Crippen molar-refractivity contribution in [2.24, 2.45) is 0 Å². The van der Waals surface area contributed by atoms with Gasteiger partial charge in [0, 0.05) is 0 Å². The topological polar surface area (TPSA) is 35.5 Å². The van der Waals surface area contributed by atoms with E-state index in [1.54, 1.807) is 6.07 Å². The predicted octanol–water partition coefficient (Wildman–Crippen LogP) is 2.20. The van der Waals surface area contributed by atoms with E-state index in [9.17, 15) is 4.21 Å². The molecule has 0 amide bonds. The van der Waals surface area contributed by atoms with Gasteiger partial charge in [0.15, 0.2) is 0 Å². The Morgan fingerprint density at radius 3 is 2.69 bits per heavy atom. The maximum absolute atomic E-state index is 11.3. The van der Waals surface area contributed by atoms with Crippen molar-refractivity contribution in [3.8, 4) is 5.75 Å². The van der Waals surface area contributed by atoms with Crippen molar-refractivity contribution in [2.45, 2.75) is 11.8 Å². The fourth-order valence-corrected chi connectivity index (χ4v) is 1.93. The van der Waals surface area contributed by atoms with Crippen LogP contribution in [0.15, 0.2) is 23.1 Å². The summed E-state index contributed by atoms with van der Waals surface area (Å²) >= 11 is 3.36. The highest BCUT2D eigenvalue weighted by atomic mass is 35.5. The molecule has 0 aliphatic rings. The largest absolute Gasteiger partial charge is 0.495 e. The lowest BCUT2D eigenvalue weighted by Gasteiger charge is -2.07. The number of benzene rings is 1. The van der Waals surface area contributed by atoms with Gasteiger partial charge in [-0.3, -0.25) is 0 Å². The summed E-state index contributed by atoms with van der Waals surface area (Å²) in [7, 11) is 1.50. The van der Waals surface area contributed by atoms with Gasteiger partial charge in [0.05, 0.1) is 19.0 Å². The molecule has 0 aromatic heterocycles. The molecule has 0 radical (unpaired) electrons. The predicted molar refractivity (Wildman–Crippen MR) is 51.1 cm³/mol. The Labute approximate surface area is 84.4 Å². The van der Waals surface area contributed by atoms with E-state index in [0.717, 1.165) is 5.56 Å². The molecule has 0 bridgehead atoms. The Morgan fingerprint density at radius 2 is 2.15 bits per heavy atom. The maximum atomic E-state index is 11.3. The molecule has 0 N–H and O–H groups in total. The smallest absolute Gasteiger partial charge is 0.210 e. The van der Waals surface area contributed by atoms with Crippen molar-refractivity contribution >= 4 is 22.9 Å². The van der Waals surface area contributed by atoms with Crippen molar-refractivity contribution in [1.29, 1.82) is 0 Å². The molecule has 0 aliphatic heterocycles. The normalized spacial score (nSPS) is 12.5. The van der Waals surface area contributed by atoms with Gasteiger partial charge >= 0.3 is 0 Å². The van der Waals surface area contributed by atoms with Crippen LogP contribution in [0.2, 0.25) is 0 Å². The van der Waals surface area contributed by atoms with Crippen LogP contribution < -0.4 is 4.74 Å². The van der Waals surface area contributed by atoms with Gasteiger partial charge in [-0.2, -0.15) is 3.74 Å². The monoisotopic (exact) mass is 220 g/mol. The van der Waals surface area contributed by atoms with Gasteiger partial charge in [0.25, 0.3) is 0 Å². The highest BCUT2D eigenvalue weighted by Gasteiger charge is 2.13. The van der Waals surface area contributed by atoms with Crippen LogP contribution in [0.4, 0.5) is 0 Å². The first kappa shape index (κ1) is 10.5. The van der Waals surface area contributed by atoms with Crippen LogP contribution in [-0.4, -0.2) is 11.3 Å². The zero-order chi connectivity index (χ0) is 9.84. The first-order valence-electron chi connectivity index (χ1n) is 3.55. The van der Waals surface area contributed by atoms with Crippen molar-refractivity contribution in [1.82, 2.24) is 0 Å². The van der Waals surface area contributed by atoms with Crippen LogP contribution in [0.25, 0.3) is 0 Å². The van der Waals surface area contributed by atoms with Crippen LogP contribution in [0.3, 0.4) is 0 Å². The van der Waals surface area contributed by atoms with Gasteiger partial charge in [-0.05, 0) is 18.6 Å². The van der Waals surface area contributed by atoms with E-state index in [-0.39, 0.29) is 0 Å². The Hall–Kier alpha value is -0.580. The Bertz CT molecular complexity index is 327. The standard InChI is InChI=1S/C8H9ClO3S/c1-6-4-3-5-7(11-2)8(6)13(10)12-9/h3-5H,1-2H3. The number of ether oxygens (including phenoxy) is 1. The third-order valence-corrected chi connectivity index (χ3v) is 2.93. The van der Waals surface area contributed by atoms with E-state index in [4.69, 9.17) is 16.6 Å². The third-order valence-electron chi connectivity index (χ3n) is 1.62. The summed E-state index contributed by atoms with van der Waals surface area (Å²) in [6.07, 6.45) is 0. The minimum atomic E-state index is -1.67. The maximum Gasteiger partial charge on any atom is 0.210 e. The Kier molecular flexibility index (Phi) is 3.71. The first-order valence-corrected chi connectivity index (χ1v) is 4.93. The SMILES string of the molecule is COc1cccc(C)c1S(=O)OCl. The summed E-state index contributed by atoms with van der Waals surface area (Å²) in [5.74, 6) is 0.513. The molecule has 0 spiro atoms. The zero-order valence-electron chi connectivity index (χ0n) is 7.24. The molecule has 1 atom stereocenters. The van der Waals surface area contributed by atoms with Crippen LogP contribution in [0, 0.1) is 6.92 Å². The van der Waals surface area contributed by atoms with Crippen LogP contribution in [0.5, 0.6) is 5.75 Å². The van der Waals surface area contributed by atoms with Crippen molar-refractivity contribution in [3.05, 3.63) is 23.8 Å². The van der Waals surface area contributed by atoms with Gasteiger partial charge in [0.2, 0.25) is 11.1 Å². The average Bonchev–Trinajstić information content (AvgIpc) is 2.16. The van der Waals surface area contributed by atoms with E-state index >= 15 is 0 Å². The second-order valence-corrected chi connectivity index (χ2v) is 3.79. The average molecular weight is 221 g/mol. The molecule has 5 heteroatoms. The van der Waals surface area contributed by atoms with Crippen LogP contribution in [0.1, 0.15) is 5.56 Å². The second kappa shape index (κ2) is 4.60. The van der Waals surface area contributed by atoms with E-state index in [2.05, 4.69) is 3.74 Å². The molecule has 1 unspecified atom stereocenters. The molecule has 0 saturated heterocycles. The van der Waals surface area contributed by atoms with E-state index < -0.39 is 11.1 Å². The number of aryl methyl sites for hydroxylation is 1. The van der Waals surface area contributed by atoms with E-state index in [1.165, 1.54) is 7.11 Å². The lowest BCUT2D eigenvalue weighted by atomic mass is 10.2. The van der Waals surface area contributed by atoms with E-state index in [1.807, 2.05) is 19.1 Å². The minimum Gasteiger partial charge on any atom is -0.495 e. The number of halogens is 1. The number of hydrogen-bond acceptors (Lipinski definition) is 3. The highest BCUT2D eigenvalue weighted by molar-refractivity contribution is 7.81. The van der Waals surface area contributed by atoms with Crippen molar-refractivity contribution < 1.29 is 12.7 Å². The molecule has 0 aliphatic carbocycles. The number of hydrogen-bond donors (Lipinski definition) is 0. The summed E-state index contributed by atoms with van der Waals surface area (Å²) in [5, 5.41) is 0. The van der Waals surface area contributed by atoms with Crippen LogP contribution in [-0.2, 0) is 14.8 Å². The third kappa shape index (κ3) is 2.21. The van der Waals surface area contributed by atoms with Crippen LogP contribution >= 0.6 is 11.9 Å². The Morgan fingerprint density at radius 1 is 1.46 bits per heavy atom. The lowest BCUT2D eigenvalue weighted by Crippen LogP contribution is -1.98. The van der Waals surface area contributed by atoms with E-state index in [0.29, 0.717) is 10.6 Å². The molecule has 3 nitrogen and oxygen atoms in total. The summed E-state index contributed by atoms with van der Waals surface area (Å²) in [6.45, 7) is 1.81. The summed E-state index contributed by atoms with van der Waals surface area (Å²) in [5.41, 5.74) is 0.818. The highest BCUT2D eigenvalue weighted by Crippen LogP contribution is 2.26. The molecule has 0 fully saturated rings. The molecule has 1 rings (SSSR count).